The highest BCUT2D eigenvalue weighted by atomic mass is 35.5. The summed E-state index contributed by atoms with van der Waals surface area (Å²) in [5.74, 6) is 0.240. The number of carbonyl (C=O) groups excluding carboxylic acids is 1. The fourth-order valence-electron chi connectivity index (χ4n) is 4.07. The maximum absolute atomic E-state index is 13.6. The molecule has 1 aliphatic rings. The van der Waals surface area contributed by atoms with Crippen LogP contribution in [-0.2, 0) is 11.3 Å². The van der Waals surface area contributed by atoms with E-state index in [2.05, 4.69) is 4.98 Å². The molecule has 1 fully saturated rings. The smallest absolute Gasteiger partial charge is 0.224 e. The summed E-state index contributed by atoms with van der Waals surface area (Å²) >= 11 is 6.11. The van der Waals surface area contributed by atoms with Crippen LogP contribution in [0.25, 0.3) is 0 Å². The van der Waals surface area contributed by atoms with Crippen LogP contribution in [-0.4, -0.2) is 15.8 Å². The van der Waals surface area contributed by atoms with Gasteiger partial charge in [0.2, 0.25) is 5.91 Å². The normalized spacial score (nSPS) is 15.3. The zero-order chi connectivity index (χ0) is 21.8. The Morgan fingerprint density at radius 2 is 1.74 bits per heavy atom. The average molecular weight is 437 g/mol. The largest absolute Gasteiger partial charge is 0.329 e. The van der Waals surface area contributed by atoms with E-state index in [0.29, 0.717) is 23.9 Å². The third-order valence-corrected chi connectivity index (χ3v) is 6.17. The molecule has 3 nitrogen and oxygen atoms in total. The summed E-state index contributed by atoms with van der Waals surface area (Å²) < 4.78 is 13.3. The first-order valence-corrected chi connectivity index (χ1v) is 11.1. The molecular weight excluding hydrogens is 411 g/mol. The number of aromatic nitrogens is 1. The highest BCUT2D eigenvalue weighted by Gasteiger charge is 2.38. The Morgan fingerprint density at radius 3 is 2.35 bits per heavy atom. The molecule has 2 aromatic carbocycles. The van der Waals surface area contributed by atoms with Gasteiger partial charge in [-0.05, 0) is 72.2 Å². The monoisotopic (exact) mass is 436 g/mol. The summed E-state index contributed by atoms with van der Waals surface area (Å²) in [5.41, 5.74) is 2.93. The van der Waals surface area contributed by atoms with E-state index in [1.54, 1.807) is 18.3 Å². The first-order chi connectivity index (χ1) is 15.0. The summed E-state index contributed by atoms with van der Waals surface area (Å²) in [7, 11) is 0. The van der Waals surface area contributed by atoms with E-state index in [1.807, 2.05) is 54.3 Å². The molecular formula is C26H26ClFN2O. The minimum atomic E-state index is -0.268. The molecule has 0 N–H and O–H groups in total. The molecule has 3 aromatic rings. The molecule has 160 valence electrons. The highest BCUT2D eigenvalue weighted by Crippen LogP contribution is 2.45. The number of hydrogen-bond donors (Lipinski definition) is 0. The van der Waals surface area contributed by atoms with Crippen molar-refractivity contribution in [1.29, 1.82) is 0 Å². The molecule has 1 heterocycles. The number of rotatable bonds is 8. The molecule has 0 radical (unpaired) electrons. The molecule has 2 unspecified atom stereocenters. The minimum absolute atomic E-state index is 0.00723. The Bertz CT molecular complexity index is 1000. The third kappa shape index (κ3) is 5.50. The summed E-state index contributed by atoms with van der Waals surface area (Å²) in [5, 5.41) is 0.686. The zero-order valence-electron chi connectivity index (χ0n) is 17.5. The SMILES string of the molecule is CC(CC(=O)N(Cc1ccccn1)C(c1ccc(Cl)cc1)C1CC1)c1ccc(F)cc1. The van der Waals surface area contributed by atoms with Gasteiger partial charge >= 0.3 is 0 Å². The van der Waals surface area contributed by atoms with Crippen LogP contribution in [0.2, 0.25) is 5.02 Å². The van der Waals surface area contributed by atoms with Gasteiger partial charge in [-0.2, -0.15) is 0 Å². The molecule has 1 saturated carbocycles. The number of benzene rings is 2. The van der Waals surface area contributed by atoms with Crippen molar-refractivity contribution in [2.24, 2.45) is 5.92 Å². The van der Waals surface area contributed by atoms with E-state index < -0.39 is 0 Å². The van der Waals surface area contributed by atoms with Crippen LogP contribution in [0.1, 0.15) is 55.0 Å². The Balaban J connectivity index is 1.61. The Kier molecular flexibility index (Phi) is 6.67. The molecule has 1 aromatic heterocycles. The second-order valence-corrected chi connectivity index (χ2v) is 8.77. The predicted molar refractivity (Wildman–Crippen MR) is 121 cm³/mol. The van der Waals surface area contributed by atoms with Crippen molar-refractivity contribution in [3.05, 3.63) is 101 Å². The standard InChI is InChI=1S/C26H26ClFN2O/c1-18(19-9-13-23(28)14-10-19)16-25(31)30(17-24-4-2-3-15-29-24)26(20-5-6-20)21-7-11-22(27)12-8-21/h2-4,7-15,18,20,26H,5-6,16-17H2,1H3. The number of hydrogen-bond acceptors (Lipinski definition) is 2. The van der Waals surface area contributed by atoms with Crippen molar-refractivity contribution in [2.45, 2.75) is 44.7 Å². The second kappa shape index (κ2) is 9.61. The lowest BCUT2D eigenvalue weighted by Crippen LogP contribution is -2.36. The lowest BCUT2D eigenvalue weighted by atomic mass is 9.95. The van der Waals surface area contributed by atoms with Gasteiger partial charge in [0.25, 0.3) is 0 Å². The first kappa shape index (κ1) is 21.5. The fraction of sp³-hybridized carbons (Fsp3) is 0.308. The highest BCUT2D eigenvalue weighted by molar-refractivity contribution is 6.30. The molecule has 0 spiro atoms. The molecule has 2 atom stereocenters. The van der Waals surface area contributed by atoms with E-state index in [4.69, 9.17) is 11.6 Å². The van der Waals surface area contributed by atoms with Crippen molar-refractivity contribution in [2.75, 3.05) is 0 Å². The van der Waals surface area contributed by atoms with E-state index in [-0.39, 0.29) is 23.7 Å². The van der Waals surface area contributed by atoms with Crippen molar-refractivity contribution in [1.82, 2.24) is 9.88 Å². The summed E-state index contributed by atoms with van der Waals surface area (Å²) in [6, 6.07) is 20.0. The van der Waals surface area contributed by atoms with Gasteiger partial charge in [-0.1, -0.05) is 48.9 Å². The van der Waals surface area contributed by atoms with Crippen molar-refractivity contribution >= 4 is 17.5 Å². The summed E-state index contributed by atoms with van der Waals surface area (Å²) in [4.78, 5) is 20.0. The van der Waals surface area contributed by atoms with Crippen molar-refractivity contribution < 1.29 is 9.18 Å². The van der Waals surface area contributed by atoms with Gasteiger partial charge in [0, 0.05) is 17.6 Å². The Hall–Kier alpha value is -2.72. The zero-order valence-corrected chi connectivity index (χ0v) is 18.3. The summed E-state index contributed by atoms with van der Waals surface area (Å²) in [6.07, 6.45) is 4.32. The van der Waals surface area contributed by atoms with Crippen LogP contribution in [0.15, 0.2) is 72.9 Å². The predicted octanol–water partition coefficient (Wildman–Crippen LogP) is 6.55. The Labute approximate surface area is 187 Å². The maximum Gasteiger partial charge on any atom is 0.224 e. The molecule has 1 amide bonds. The average Bonchev–Trinajstić information content (AvgIpc) is 3.61. The second-order valence-electron chi connectivity index (χ2n) is 8.33. The number of nitrogens with zero attached hydrogens (tertiary/aromatic N) is 2. The van der Waals surface area contributed by atoms with Crippen LogP contribution in [0.5, 0.6) is 0 Å². The van der Waals surface area contributed by atoms with Crippen LogP contribution in [0.4, 0.5) is 4.39 Å². The molecule has 0 aliphatic heterocycles. The van der Waals surface area contributed by atoms with Gasteiger partial charge < -0.3 is 4.90 Å². The van der Waals surface area contributed by atoms with E-state index in [1.165, 1.54) is 12.1 Å². The van der Waals surface area contributed by atoms with E-state index in [9.17, 15) is 9.18 Å². The lowest BCUT2D eigenvalue weighted by molar-refractivity contribution is -0.135. The molecule has 4 rings (SSSR count). The Morgan fingerprint density at radius 1 is 1.06 bits per heavy atom. The van der Waals surface area contributed by atoms with Crippen LogP contribution < -0.4 is 0 Å². The summed E-state index contributed by atoms with van der Waals surface area (Å²) in [6.45, 7) is 2.47. The van der Waals surface area contributed by atoms with Gasteiger partial charge in [0.05, 0.1) is 18.3 Å². The van der Waals surface area contributed by atoms with Crippen LogP contribution in [0, 0.1) is 11.7 Å². The molecule has 1 aliphatic carbocycles. The maximum atomic E-state index is 13.6. The third-order valence-electron chi connectivity index (χ3n) is 5.91. The van der Waals surface area contributed by atoms with Crippen LogP contribution >= 0.6 is 11.6 Å². The molecule has 0 saturated heterocycles. The van der Waals surface area contributed by atoms with E-state index >= 15 is 0 Å². The molecule has 31 heavy (non-hydrogen) atoms. The fourth-order valence-corrected chi connectivity index (χ4v) is 4.20. The molecule has 0 bridgehead atoms. The topological polar surface area (TPSA) is 33.2 Å². The van der Waals surface area contributed by atoms with E-state index in [0.717, 1.165) is 29.7 Å². The number of carbonyl (C=O) groups is 1. The van der Waals surface area contributed by atoms with Crippen molar-refractivity contribution in [3.8, 4) is 0 Å². The quantitative estimate of drug-likeness (QED) is 0.401. The number of halogens is 2. The van der Waals surface area contributed by atoms with Gasteiger partial charge in [-0.25, -0.2) is 4.39 Å². The number of pyridine rings is 1. The van der Waals surface area contributed by atoms with Gasteiger partial charge in [-0.3, -0.25) is 9.78 Å². The minimum Gasteiger partial charge on any atom is -0.329 e. The van der Waals surface area contributed by atoms with Gasteiger partial charge in [0.15, 0.2) is 0 Å². The lowest BCUT2D eigenvalue weighted by Gasteiger charge is -2.33. The first-order valence-electron chi connectivity index (χ1n) is 10.7. The number of amides is 1. The van der Waals surface area contributed by atoms with Gasteiger partial charge in [0.1, 0.15) is 5.82 Å². The van der Waals surface area contributed by atoms with Gasteiger partial charge in [-0.15, -0.1) is 0 Å². The molecule has 5 heteroatoms. The van der Waals surface area contributed by atoms with Crippen molar-refractivity contribution in [3.63, 3.8) is 0 Å². The van der Waals surface area contributed by atoms with Crippen LogP contribution in [0.3, 0.4) is 0 Å².